The van der Waals surface area contributed by atoms with Crippen molar-refractivity contribution in [2.75, 3.05) is 0 Å². The second-order valence-corrected chi connectivity index (χ2v) is 5.57. The molecule has 110 valence electrons. The van der Waals surface area contributed by atoms with Crippen LogP contribution in [0, 0.1) is 0 Å². The summed E-state index contributed by atoms with van der Waals surface area (Å²) in [5.41, 5.74) is 4.89. The summed E-state index contributed by atoms with van der Waals surface area (Å²) in [6.45, 7) is 5.97. The van der Waals surface area contributed by atoms with Crippen molar-refractivity contribution < 1.29 is 4.74 Å². The van der Waals surface area contributed by atoms with Crippen LogP contribution in [0.4, 0.5) is 0 Å². The van der Waals surface area contributed by atoms with Gasteiger partial charge in [-0.25, -0.2) is 0 Å². The molecule has 0 saturated carbocycles. The number of rotatable bonds is 4. The number of hydrogen-bond donors (Lipinski definition) is 0. The predicted octanol–water partition coefficient (Wildman–Crippen LogP) is 5.34. The van der Waals surface area contributed by atoms with Crippen LogP contribution >= 0.6 is 0 Å². The predicted molar refractivity (Wildman–Crippen MR) is 92.9 cm³/mol. The molecule has 1 aliphatic heterocycles. The van der Waals surface area contributed by atoms with E-state index in [-0.39, 0.29) is 0 Å². The molecular formula is C21H20O. The molecule has 0 N–H and O–H groups in total. The van der Waals surface area contributed by atoms with E-state index in [2.05, 4.69) is 56.0 Å². The quantitative estimate of drug-likeness (QED) is 0.690. The van der Waals surface area contributed by atoms with E-state index < -0.39 is 0 Å². The molecular weight excluding hydrogens is 268 g/mol. The molecule has 1 aliphatic rings. The first-order chi connectivity index (χ1) is 10.8. The van der Waals surface area contributed by atoms with Gasteiger partial charge in [0.05, 0.1) is 0 Å². The molecule has 1 heterocycles. The van der Waals surface area contributed by atoms with Gasteiger partial charge in [-0.2, -0.15) is 0 Å². The summed E-state index contributed by atoms with van der Waals surface area (Å²) < 4.78 is 6.19. The smallest absolute Gasteiger partial charge is 0.134 e. The fourth-order valence-corrected chi connectivity index (χ4v) is 2.71. The van der Waals surface area contributed by atoms with Gasteiger partial charge < -0.3 is 4.74 Å². The fraction of sp³-hybridized carbons (Fsp3) is 0.143. The van der Waals surface area contributed by atoms with Gasteiger partial charge in [-0.1, -0.05) is 60.7 Å². The van der Waals surface area contributed by atoms with Gasteiger partial charge >= 0.3 is 0 Å². The Morgan fingerprint density at radius 3 is 2.64 bits per heavy atom. The fourth-order valence-electron chi connectivity index (χ4n) is 2.71. The van der Waals surface area contributed by atoms with Crippen LogP contribution in [-0.2, 0) is 12.8 Å². The van der Waals surface area contributed by atoms with Gasteiger partial charge in [-0.15, -0.1) is 6.58 Å². The average molecular weight is 288 g/mol. The van der Waals surface area contributed by atoms with E-state index in [4.69, 9.17) is 4.74 Å². The molecule has 3 rings (SSSR count). The maximum atomic E-state index is 6.19. The molecule has 0 bridgehead atoms. The zero-order chi connectivity index (χ0) is 15.4. The first-order valence-electron chi connectivity index (χ1n) is 7.60. The van der Waals surface area contributed by atoms with Crippen LogP contribution in [0.1, 0.15) is 23.6 Å². The number of benzene rings is 2. The van der Waals surface area contributed by atoms with Gasteiger partial charge in [0.15, 0.2) is 0 Å². The Morgan fingerprint density at radius 1 is 1.05 bits per heavy atom. The molecule has 22 heavy (non-hydrogen) atoms. The van der Waals surface area contributed by atoms with Crippen molar-refractivity contribution in [1.29, 1.82) is 0 Å². The van der Waals surface area contributed by atoms with Crippen LogP contribution < -0.4 is 4.74 Å². The Bertz CT molecular complexity index is 736. The van der Waals surface area contributed by atoms with Crippen molar-refractivity contribution in [3.63, 3.8) is 0 Å². The molecule has 0 aromatic heterocycles. The zero-order valence-corrected chi connectivity index (χ0v) is 12.9. The first-order valence-corrected chi connectivity index (χ1v) is 7.60. The highest BCUT2D eigenvalue weighted by Crippen LogP contribution is 2.34. The molecule has 0 saturated heterocycles. The Balaban J connectivity index is 1.88. The molecule has 2 aromatic carbocycles. The van der Waals surface area contributed by atoms with Gasteiger partial charge in [0.1, 0.15) is 11.5 Å². The van der Waals surface area contributed by atoms with Gasteiger partial charge in [-0.05, 0) is 41.7 Å². The van der Waals surface area contributed by atoms with Crippen LogP contribution in [0.3, 0.4) is 0 Å². The van der Waals surface area contributed by atoms with Crippen molar-refractivity contribution in [2.24, 2.45) is 0 Å². The maximum Gasteiger partial charge on any atom is 0.134 e. The maximum absolute atomic E-state index is 6.19. The Morgan fingerprint density at radius 2 is 1.86 bits per heavy atom. The highest BCUT2D eigenvalue weighted by atomic mass is 16.5. The van der Waals surface area contributed by atoms with E-state index in [0.717, 1.165) is 24.4 Å². The third kappa shape index (κ3) is 3.04. The van der Waals surface area contributed by atoms with Gasteiger partial charge in [0, 0.05) is 6.42 Å². The van der Waals surface area contributed by atoms with Crippen LogP contribution in [0.25, 0.3) is 6.08 Å². The number of fused-ring (bicyclic) bond motifs is 1. The highest BCUT2D eigenvalue weighted by molar-refractivity contribution is 5.55. The molecule has 1 nitrogen and oxygen atoms in total. The third-order valence-corrected chi connectivity index (χ3v) is 3.86. The monoisotopic (exact) mass is 288 g/mol. The average Bonchev–Trinajstić information content (AvgIpc) is 2.54. The SMILES string of the molecule is C=CCc1cccc2c1OC(C=Cc1ccccc1)=C(C)C2. The van der Waals surface area contributed by atoms with E-state index in [9.17, 15) is 0 Å². The van der Waals surface area contributed by atoms with Crippen molar-refractivity contribution in [2.45, 2.75) is 19.8 Å². The van der Waals surface area contributed by atoms with Crippen LogP contribution in [0.15, 0.2) is 78.6 Å². The minimum absolute atomic E-state index is 0.831. The van der Waals surface area contributed by atoms with E-state index in [1.807, 2.05) is 24.3 Å². The van der Waals surface area contributed by atoms with Gasteiger partial charge in [0.2, 0.25) is 0 Å². The lowest BCUT2D eigenvalue weighted by Gasteiger charge is -2.22. The lowest BCUT2D eigenvalue weighted by Crippen LogP contribution is -2.09. The number of ether oxygens (including phenoxy) is 1. The highest BCUT2D eigenvalue weighted by Gasteiger charge is 2.17. The van der Waals surface area contributed by atoms with Gasteiger partial charge in [-0.3, -0.25) is 0 Å². The summed E-state index contributed by atoms with van der Waals surface area (Å²) in [4.78, 5) is 0. The summed E-state index contributed by atoms with van der Waals surface area (Å²) in [5, 5.41) is 0. The lowest BCUT2D eigenvalue weighted by molar-refractivity contribution is 0.416. The summed E-state index contributed by atoms with van der Waals surface area (Å²) in [7, 11) is 0. The molecule has 0 atom stereocenters. The third-order valence-electron chi connectivity index (χ3n) is 3.86. The summed E-state index contributed by atoms with van der Waals surface area (Å²) >= 11 is 0. The van der Waals surface area contributed by atoms with E-state index >= 15 is 0 Å². The summed E-state index contributed by atoms with van der Waals surface area (Å²) in [6, 6.07) is 16.6. The van der Waals surface area contributed by atoms with Crippen LogP contribution in [0.2, 0.25) is 0 Å². The Kier molecular flexibility index (Phi) is 4.24. The number of para-hydroxylation sites is 1. The van der Waals surface area contributed by atoms with Crippen molar-refractivity contribution >= 4 is 6.08 Å². The zero-order valence-electron chi connectivity index (χ0n) is 12.9. The van der Waals surface area contributed by atoms with E-state index in [0.29, 0.717) is 0 Å². The molecule has 0 radical (unpaired) electrons. The normalized spacial score (nSPS) is 13.9. The summed E-state index contributed by atoms with van der Waals surface area (Å²) in [5.74, 6) is 1.95. The van der Waals surface area contributed by atoms with Crippen molar-refractivity contribution in [3.8, 4) is 5.75 Å². The molecule has 1 heteroatoms. The van der Waals surface area contributed by atoms with Gasteiger partial charge in [0.25, 0.3) is 0 Å². The van der Waals surface area contributed by atoms with Crippen molar-refractivity contribution in [1.82, 2.24) is 0 Å². The van der Waals surface area contributed by atoms with Crippen LogP contribution in [-0.4, -0.2) is 0 Å². The minimum Gasteiger partial charge on any atom is -0.457 e. The van der Waals surface area contributed by atoms with E-state index in [1.165, 1.54) is 22.3 Å². The molecule has 0 amide bonds. The Hall–Kier alpha value is -2.54. The topological polar surface area (TPSA) is 9.23 Å². The molecule has 0 unspecified atom stereocenters. The Labute approximate surface area is 132 Å². The number of allylic oxidation sites excluding steroid dienone is 3. The summed E-state index contributed by atoms with van der Waals surface area (Å²) in [6.07, 6.45) is 7.86. The number of hydrogen-bond acceptors (Lipinski definition) is 1. The first kappa shape index (κ1) is 14.4. The molecule has 2 aromatic rings. The second kappa shape index (κ2) is 6.48. The van der Waals surface area contributed by atoms with Crippen LogP contribution in [0.5, 0.6) is 5.75 Å². The minimum atomic E-state index is 0.831. The second-order valence-electron chi connectivity index (χ2n) is 5.57. The van der Waals surface area contributed by atoms with E-state index in [1.54, 1.807) is 0 Å². The standard InChI is InChI=1S/C21H20O/c1-3-8-18-11-7-12-19-15-16(2)20(22-21(18)19)14-13-17-9-5-4-6-10-17/h3-7,9-14H,1,8,15H2,2H3. The lowest BCUT2D eigenvalue weighted by atomic mass is 9.97. The van der Waals surface area contributed by atoms with Crippen molar-refractivity contribution in [3.05, 3.63) is 95.3 Å². The largest absolute Gasteiger partial charge is 0.457 e. The molecule has 0 aliphatic carbocycles. The molecule has 0 spiro atoms. The molecule has 0 fully saturated rings.